The lowest BCUT2D eigenvalue weighted by molar-refractivity contribution is 0.494. The molecule has 0 atom stereocenters. The molecule has 3 aromatic rings. The fraction of sp³-hybridized carbons (Fsp3) is 0.318. The van der Waals surface area contributed by atoms with Crippen LogP contribution >= 0.6 is 11.8 Å². The molecule has 0 saturated carbocycles. The van der Waals surface area contributed by atoms with Crippen LogP contribution in [0.5, 0.6) is 0 Å². The first kappa shape index (κ1) is 16.5. The van der Waals surface area contributed by atoms with Gasteiger partial charge in [-0.3, -0.25) is 0 Å². The predicted octanol–water partition coefficient (Wildman–Crippen LogP) is 5.74. The van der Waals surface area contributed by atoms with E-state index in [4.69, 9.17) is 4.98 Å². The van der Waals surface area contributed by atoms with Crippen molar-refractivity contribution in [2.75, 3.05) is 24.7 Å². The number of rotatable bonds is 2. The number of aromatic nitrogens is 1. The van der Waals surface area contributed by atoms with E-state index < -0.39 is 0 Å². The van der Waals surface area contributed by atoms with Crippen LogP contribution in [0.3, 0.4) is 0 Å². The van der Waals surface area contributed by atoms with E-state index >= 15 is 0 Å². The zero-order valence-corrected chi connectivity index (χ0v) is 16.2. The third-order valence-electron chi connectivity index (χ3n) is 5.13. The zero-order valence-electron chi connectivity index (χ0n) is 15.3. The molecule has 0 amide bonds. The Labute approximate surface area is 154 Å². The Morgan fingerprint density at radius 1 is 1.04 bits per heavy atom. The van der Waals surface area contributed by atoms with Gasteiger partial charge in [0, 0.05) is 29.9 Å². The summed E-state index contributed by atoms with van der Waals surface area (Å²) < 4.78 is 0. The smallest absolute Gasteiger partial charge is 0.136 e. The molecule has 0 fully saturated rings. The lowest BCUT2D eigenvalue weighted by atomic mass is 9.81. The van der Waals surface area contributed by atoms with Crippen LogP contribution in [0.25, 0.3) is 22.0 Å². The molecule has 2 nitrogen and oxygen atoms in total. The van der Waals surface area contributed by atoms with Gasteiger partial charge in [0.2, 0.25) is 0 Å². The van der Waals surface area contributed by atoms with Crippen LogP contribution in [0, 0.1) is 0 Å². The summed E-state index contributed by atoms with van der Waals surface area (Å²) in [5.74, 6) is 2.23. The Balaban J connectivity index is 1.91. The number of fused-ring (bicyclic) bond motifs is 2. The van der Waals surface area contributed by atoms with Crippen molar-refractivity contribution >= 4 is 28.4 Å². The standard InChI is InChI=1S/C22H24N2S/c1-22(2)11-12-25-20-10-9-16(13-18(20)22)19-14-15-7-5-6-8-17(15)21(23-19)24(3)4/h5-10,13-14H,11-12H2,1-4H3. The molecule has 2 aromatic carbocycles. The lowest BCUT2D eigenvalue weighted by Crippen LogP contribution is -2.22. The van der Waals surface area contributed by atoms with Crippen molar-refractivity contribution in [2.45, 2.75) is 30.6 Å². The van der Waals surface area contributed by atoms with Crippen molar-refractivity contribution in [1.29, 1.82) is 0 Å². The molecule has 1 aromatic heterocycles. The Morgan fingerprint density at radius 3 is 2.64 bits per heavy atom. The second-order valence-electron chi connectivity index (χ2n) is 7.64. The third-order valence-corrected chi connectivity index (χ3v) is 6.21. The summed E-state index contributed by atoms with van der Waals surface area (Å²) in [6.07, 6.45) is 1.22. The van der Waals surface area contributed by atoms with Gasteiger partial charge in [-0.2, -0.15) is 0 Å². The van der Waals surface area contributed by atoms with Crippen LogP contribution in [-0.2, 0) is 5.41 Å². The van der Waals surface area contributed by atoms with Gasteiger partial charge in [0.15, 0.2) is 0 Å². The van der Waals surface area contributed by atoms with Crippen LogP contribution in [0.2, 0.25) is 0 Å². The van der Waals surface area contributed by atoms with Crippen LogP contribution < -0.4 is 4.90 Å². The molecule has 0 aliphatic carbocycles. The van der Waals surface area contributed by atoms with Crippen molar-refractivity contribution in [3.8, 4) is 11.3 Å². The molecule has 25 heavy (non-hydrogen) atoms. The van der Waals surface area contributed by atoms with Gasteiger partial charge in [-0.25, -0.2) is 4.98 Å². The molecule has 0 N–H and O–H groups in total. The van der Waals surface area contributed by atoms with Crippen LogP contribution in [0.15, 0.2) is 53.4 Å². The first-order valence-electron chi connectivity index (χ1n) is 8.80. The number of pyridine rings is 1. The predicted molar refractivity (Wildman–Crippen MR) is 110 cm³/mol. The van der Waals surface area contributed by atoms with E-state index in [0.29, 0.717) is 0 Å². The minimum absolute atomic E-state index is 0.234. The molecule has 0 spiro atoms. The van der Waals surface area contributed by atoms with Crippen molar-refractivity contribution in [1.82, 2.24) is 4.98 Å². The Kier molecular flexibility index (Phi) is 3.99. The average molecular weight is 349 g/mol. The van der Waals surface area contributed by atoms with Crippen LogP contribution in [0.4, 0.5) is 5.82 Å². The lowest BCUT2D eigenvalue weighted by Gasteiger charge is -2.32. The first-order valence-corrected chi connectivity index (χ1v) is 9.79. The highest BCUT2D eigenvalue weighted by molar-refractivity contribution is 7.99. The molecule has 128 valence electrons. The highest BCUT2D eigenvalue weighted by atomic mass is 32.2. The summed E-state index contributed by atoms with van der Waals surface area (Å²) >= 11 is 1.98. The highest BCUT2D eigenvalue weighted by Gasteiger charge is 2.28. The molecule has 1 aliphatic rings. The normalized spacial score (nSPS) is 15.8. The number of benzene rings is 2. The maximum atomic E-state index is 4.99. The van der Waals surface area contributed by atoms with Crippen LogP contribution in [0.1, 0.15) is 25.8 Å². The van der Waals surface area contributed by atoms with Gasteiger partial charge in [0.05, 0.1) is 5.69 Å². The van der Waals surface area contributed by atoms with Gasteiger partial charge in [0.25, 0.3) is 0 Å². The van der Waals surface area contributed by atoms with Gasteiger partial charge in [-0.1, -0.05) is 44.2 Å². The van der Waals surface area contributed by atoms with E-state index in [1.165, 1.54) is 39.0 Å². The number of hydrogen-bond donors (Lipinski definition) is 0. The SMILES string of the molecule is CN(C)c1nc(-c2ccc3c(c2)C(C)(C)CCS3)cc2ccccc12. The quantitative estimate of drug-likeness (QED) is 0.587. The minimum atomic E-state index is 0.234. The van der Waals surface area contributed by atoms with E-state index in [-0.39, 0.29) is 5.41 Å². The summed E-state index contributed by atoms with van der Waals surface area (Å²) in [5.41, 5.74) is 3.96. The van der Waals surface area contributed by atoms with Crippen molar-refractivity contribution in [3.63, 3.8) is 0 Å². The average Bonchev–Trinajstić information content (AvgIpc) is 2.60. The van der Waals surface area contributed by atoms with Gasteiger partial charge < -0.3 is 4.90 Å². The topological polar surface area (TPSA) is 16.1 Å². The fourth-order valence-corrected chi connectivity index (χ4v) is 5.05. The third kappa shape index (κ3) is 2.91. The van der Waals surface area contributed by atoms with Gasteiger partial charge >= 0.3 is 0 Å². The number of nitrogens with zero attached hydrogens (tertiary/aromatic N) is 2. The molecular weight excluding hydrogens is 324 g/mol. The fourth-order valence-electron chi connectivity index (χ4n) is 3.56. The summed E-state index contributed by atoms with van der Waals surface area (Å²) in [5, 5.41) is 2.44. The molecule has 2 heterocycles. The maximum Gasteiger partial charge on any atom is 0.136 e. The van der Waals surface area contributed by atoms with E-state index in [0.717, 1.165) is 11.5 Å². The number of thioether (sulfide) groups is 1. The van der Waals surface area contributed by atoms with E-state index in [2.05, 4.69) is 81.4 Å². The van der Waals surface area contributed by atoms with Crippen molar-refractivity contribution < 1.29 is 0 Å². The van der Waals surface area contributed by atoms with E-state index in [9.17, 15) is 0 Å². The monoisotopic (exact) mass is 348 g/mol. The van der Waals surface area contributed by atoms with Crippen molar-refractivity contribution in [2.24, 2.45) is 0 Å². The summed E-state index contributed by atoms with van der Waals surface area (Å²) in [4.78, 5) is 8.51. The summed E-state index contributed by atoms with van der Waals surface area (Å²) in [6, 6.07) is 17.6. The highest BCUT2D eigenvalue weighted by Crippen LogP contribution is 2.43. The van der Waals surface area contributed by atoms with E-state index in [1.54, 1.807) is 0 Å². The molecule has 1 aliphatic heterocycles. The molecule has 0 saturated heterocycles. The molecule has 4 rings (SSSR count). The second-order valence-corrected chi connectivity index (χ2v) is 8.78. The molecule has 0 radical (unpaired) electrons. The Bertz CT molecular complexity index is 944. The van der Waals surface area contributed by atoms with Crippen molar-refractivity contribution in [3.05, 3.63) is 54.1 Å². The number of anilines is 1. The summed E-state index contributed by atoms with van der Waals surface area (Å²) in [6.45, 7) is 4.71. The molecule has 3 heteroatoms. The second kappa shape index (κ2) is 6.06. The first-order chi connectivity index (χ1) is 12.0. The zero-order chi connectivity index (χ0) is 17.6. The molecular formula is C22H24N2S. The molecule has 0 unspecified atom stereocenters. The number of hydrogen-bond acceptors (Lipinski definition) is 3. The largest absolute Gasteiger partial charge is 0.362 e. The van der Waals surface area contributed by atoms with Gasteiger partial charge in [0.1, 0.15) is 5.82 Å². The van der Waals surface area contributed by atoms with Crippen LogP contribution in [-0.4, -0.2) is 24.8 Å². The van der Waals surface area contributed by atoms with E-state index in [1.807, 2.05) is 11.8 Å². The Morgan fingerprint density at radius 2 is 1.84 bits per heavy atom. The Hall–Kier alpha value is -2.00. The van der Waals surface area contributed by atoms with Gasteiger partial charge in [-0.15, -0.1) is 11.8 Å². The summed E-state index contributed by atoms with van der Waals surface area (Å²) in [7, 11) is 4.12. The molecule has 0 bridgehead atoms. The van der Waals surface area contributed by atoms with Gasteiger partial charge in [-0.05, 0) is 46.7 Å². The maximum absolute atomic E-state index is 4.99. The minimum Gasteiger partial charge on any atom is -0.362 e.